The Morgan fingerprint density at radius 1 is 1.42 bits per heavy atom. The zero-order valence-electron chi connectivity index (χ0n) is 7.58. The van der Waals surface area contributed by atoms with Crippen LogP contribution in [0.2, 0.25) is 13.1 Å². The molecule has 0 saturated heterocycles. The van der Waals surface area contributed by atoms with Crippen LogP contribution >= 0.6 is 0 Å². The Hall–Kier alpha value is -0.803. The molecule has 0 heterocycles. The minimum atomic E-state index is -0.897. The maximum Gasteiger partial charge on any atom is 0.171 e. The van der Waals surface area contributed by atoms with E-state index in [0.29, 0.717) is 6.61 Å². The SMILES string of the molecule is C[SiH](C)OCc1cccc(N)c1. The largest absolute Gasteiger partial charge is 0.416 e. The van der Waals surface area contributed by atoms with Gasteiger partial charge in [0.2, 0.25) is 0 Å². The molecule has 2 N–H and O–H groups in total. The maximum atomic E-state index is 5.62. The molecule has 0 spiro atoms. The van der Waals surface area contributed by atoms with Crippen LogP contribution in [0.25, 0.3) is 0 Å². The summed E-state index contributed by atoms with van der Waals surface area (Å²) >= 11 is 0. The third-order valence-electron chi connectivity index (χ3n) is 1.53. The molecule has 1 aromatic carbocycles. The summed E-state index contributed by atoms with van der Waals surface area (Å²) in [4.78, 5) is 0. The summed E-state index contributed by atoms with van der Waals surface area (Å²) in [5, 5.41) is 0. The lowest BCUT2D eigenvalue weighted by atomic mass is 10.2. The molecule has 3 heteroatoms. The highest BCUT2D eigenvalue weighted by Gasteiger charge is 1.97. The van der Waals surface area contributed by atoms with Crippen molar-refractivity contribution in [2.45, 2.75) is 19.7 Å². The van der Waals surface area contributed by atoms with E-state index in [9.17, 15) is 0 Å². The van der Waals surface area contributed by atoms with E-state index in [2.05, 4.69) is 13.1 Å². The lowest BCUT2D eigenvalue weighted by molar-refractivity contribution is 0.314. The van der Waals surface area contributed by atoms with Gasteiger partial charge in [-0.2, -0.15) is 0 Å². The van der Waals surface area contributed by atoms with Gasteiger partial charge in [-0.25, -0.2) is 0 Å². The number of nitrogen functional groups attached to an aromatic ring is 1. The molecule has 0 amide bonds. The number of hydrogen-bond donors (Lipinski definition) is 1. The molecular formula is C9H15NOSi. The molecule has 0 aromatic heterocycles. The Bertz CT molecular complexity index is 250. The van der Waals surface area contributed by atoms with Gasteiger partial charge in [0.05, 0.1) is 6.61 Å². The maximum absolute atomic E-state index is 5.62. The minimum absolute atomic E-state index is 0.703. The van der Waals surface area contributed by atoms with Gasteiger partial charge in [-0.3, -0.25) is 0 Å². The third-order valence-corrected chi connectivity index (χ3v) is 2.37. The number of nitrogens with two attached hydrogens (primary N) is 1. The van der Waals surface area contributed by atoms with Crippen molar-refractivity contribution in [3.05, 3.63) is 29.8 Å². The van der Waals surface area contributed by atoms with Crippen molar-refractivity contribution >= 4 is 14.7 Å². The highest BCUT2D eigenvalue weighted by Crippen LogP contribution is 2.07. The predicted molar refractivity (Wildman–Crippen MR) is 54.5 cm³/mol. The second-order valence-corrected chi connectivity index (χ2v) is 5.54. The van der Waals surface area contributed by atoms with Crippen LogP contribution in [0.3, 0.4) is 0 Å². The highest BCUT2D eigenvalue weighted by atomic mass is 28.3. The van der Waals surface area contributed by atoms with Crippen molar-refractivity contribution in [1.82, 2.24) is 0 Å². The van der Waals surface area contributed by atoms with Gasteiger partial charge in [-0.1, -0.05) is 12.1 Å². The topological polar surface area (TPSA) is 35.2 Å². The molecule has 0 fully saturated rings. The van der Waals surface area contributed by atoms with E-state index >= 15 is 0 Å². The Balaban J connectivity index is 2.52. The average Bonchev–Trinajstić information content (AvgIpc) is 2.01. The summed E-state index contributed by atoms with van der Waals surface area (Å²) in [5.41, 5.74) is 7.59. The fourth-order valence-electron chi connectivity index (χ4n) is 0.946. The van der Waals surface area contributed by atoms with E-state index in [1.807, 2.05) is 24.3 Å². The molecule has 0 atom stereocenters. The van der Waals surface area contributed by atoms with Crippen LogP contribution in [0.4, 0.5) is 5.69 Å². The summed E-state index contributed by atoms with van der Waals surface area (Å²) in [6.07, 6.45) is 0. The molecule has 1 aromatic rings. The lowest BCUT2D eigenvalue weighted by Crippen LogP contribution is -2.07. The van der Waals surface area contributed by atoms with E-state index < -0.39 is 9.04 Å². The first kappa shape index (κ1) is 9.29. The van der Waals surface area contributed by atoms with Crippen LogP contribution in [0.15, 0.2) is 24.3 Å². The Morgan fingerprint density at radius 2 is 2.17 bits per heavy atom. The summed E-state index contributed by atoms with van der Waals surface area (Å²) in [7, 11) is -0.897. The molecule has 66 valence electrons. The monoisotopic (exact) mass is 181 g/mol. The molecule has 12 heavy (non-hydrogen) atoms. The molecule has 0 radical (unpaired) electrons. The summed E-state index contributed by atoms with van der Waals surface area (Å²) in [6.45, 7) is 5.02. The molecule has 0 unspecified atom stereocenters. The number of rotatable bonds is 3. The van der Waals surface area contributed by atoms with Crippen LogP contribution in [-0.2, 0) is 11.0 Å². The molecular weight excluding hydrogens is 166 g/mol. The first-order chi connectivity index (χ1) is 5.68. The van der Waals surface area contributed by atoms with Gasteiger partial charge in [0.15, 0.2) is 9.04 Å². The third kappa shape index (κ3) is 3.07. The smallest absolute Gasteiger partial charge is 0.171 e. The van der Waals surface area contributed by atoms with E-state index in [4.69, 9.17) is 10.2 Å². The highest BCUT2D eigenvalue weighted by molar-refractivity contribution is 6.48. The normalized spacial score (nSPS) is 10.6. The Morgan fingerprint density at radius 3 is 2.75 bits per heavy atom. The molecule has 0 aliphatic carbocycles. The molecule has 0 aliphatic rings. The van der Waals surface area contributed by atoms with Gasteiger partial charge in [-0.05, 0) is 30.8 Å². The van der Waals surface area contributed by atoms with Crippen molar-refractivity contribution in [3.8, 4) is 0 Å². The van der Waals surface area contributed by atoms with Crippen molar-refractivity contribution in [1.29, 1.82) is 0 Å². The van der Waals surface area contributed by atoms with Crippen LogP contribution in [0.5, 0.6) is 0 Å². The fourth-order valence-corrected chi connectivity index (χ4v) is 1.47. The second-order valence-electron chi connectivity index (χ2n) is 3.10. The van der Waals surface area contributed by atoms with Crippen molar-refractivity contribution in [2.75, 3.05) is 5.73 Å². The summed E-state index contributed by atoms with van der Waals surface area (Å²) in [6, 6.07) is 7.83. The Kier molecular flexibility index (Phi) is 3.31. The minimum Gasteiger partial charge on any atom is -0.416 e. The van der Waals surface area contributed by atoms with Crippen LogP contribution in [0, 0.1) is 0 Å². The Labute approximate surface area is 75.1 Å². The predicted octanol–water partition coefficient (Wildman–Crippen LogP) is 1.77. The first-order valence-electron chi connectivity index (χ1n) is 4.14. The van der Waals surface area contributed by atoms with Crippen LogP contribution in [-0.4, -0.2) is 9.04 Å². The summed E-state index contributed by atoms with van der Waals surface area (Å²) in [5.74, 6) is 0. The van der Waals surface area contributed by atoms with E-state index in [1.165, 1.54) is 0 Å². The van der Waals surface area contributed by atoms with E-state index in [1.54, 1.807) is 0 Å². The van der Waals surface area contributed by atoms with Crippen molar-refractivity contribution < 1.29 is 4.43 Å². The van der Waals surface area contributed by atoms with Gasteiger partial charge < -0.3 is 10.2 Å². The molecule has 1 rings (SSSR count). The average molecular weight is 181 g/mol. The van der Waals surface area contributed by atoms with Gasteiger partial charge in [0.1, 0.15) is 0 Å². The van der Waals surface area contributed by atoms with Gasteiger partial charge in [-0.15, -0.1) is 0 Å². The number of anilines is 1. The fraction of sp³-hybridized carbons (Fsp3) is 0.333. The van der Waals surface area contributed by atoms with E-state index in [0.717, 1.165) is 11.3 Å². The van der Waals surface area contributed by atoms with Crippen molar-refractivity contribution in [3.63, 3.8) is 0 Å². The summed E-state index contributed by atoms with van der Waals surface area (Å²) < 4.78 is 5.57. The van der Waals surface area contributed by atoms with Gasteiger partial charge >= 0.3 is 0 Å². The number of benzene rings is 1. The van der Waals surface area contributed by atoms with Gasteiger partial charge in [0.25, 0.3) is 0 Å². The quantitative estimate of drug-likeness (QED) is 0.570. The van der Waals surface area contributed by atoms with E-state index in [-0.39, 0.29) is 0 Å². The lowest BCUT2D eigenvalue weighted by Gasteiger charge is -2.06. The standard InChI is InChI=1S/C9H15NOSi/c1-12(2)11-7-8-4-3-5-9(10)6-8/h3-6,12H,7,10H2,1-2H3. The zero-order chi connectivity index (χ0) is 8.97. The molecule has 0 bridgehead atoms. The van der Waals surface area contributed by atoms with Crippen molar-refractivity contribution in [2.24, 2.45) is 0 Å². The zero-order valence-corrected chi connectivity index (χ0v) is 8.73. The van der Waals surface area contributed by atoms with Crippen LogP contribution < -0.4 is 5.73 Å². The first-order valence-corrected chi connectivity index (χ1v) is 6.92. The second kappa shape index (κ2) is 4.28. The number of hydrogen-bond acceptors (Lipinski definition) is 2. The molecule has 0 saturated carbocycles. The van der Waals surface area contributed by atoms with Crippen LogP contribution in [0.1, 0.15) is 5.56 Å². The molecule has 0 aliphatic heterocycles. The molecule has 2 nitrogen and oxygen atoms in total. The van der Waals surface area contributed by atoms with Gasteiger partial charge in [0, 0.05) is 5.69 Å².